The number of nitrogens with one attached hydrogen (secondary N) is 1. The predicted octanol–water partition coefficient (Wildman–Crippen LogP) is 1.20. The number of rotatable bonds is 6. The molecule has 7 nitrogen and oxygen atoms in total. The minimum atomic E-state index is -0.403. The summed E-state index contributed by atoms with van der Waals surface area (Å²) >= 11 is 0. The average molecular weight is 389 g/mol. The Bertz CT molecular complexity index is 668. The summed E-state index contributed by atoms with van der Waals surface area (Å²) in [6.07, 6.45) is 8.57. The lowest BCUT2D eigenvalue weighted by Crippen LogP contribution is -2.47. The smallest absolute Gasteiger partial charge is 0.245 e. The molecule has 2 fully saturated rings. The number of ether oxygens (including phenoxy) is 1. The van der Waals surface area contributed by atoms with Crippen molar-refractivity contribution in [3.63, 3.8) is 0 Å². The van der Waals surface area contributed by atoms with Gasteiger partial charge in [0.05, 0.1) is 6.61 Å². The molecule has 1 amide bonds. The number of anilines is 1. The van der Waals surface area contributed by atoms with Crippen molar-refractivity contribution in [1.29, 1.82) is 0 Å². The molecule has 4 rings (SSSR count). The standard InChI is InChI=1S/C21H32N4O3/c26-15-19(27)23-18-3-1-16(2-4-18)6-9-24-10-12-25(13-11-24)21-20-17(5-8-22-21)7-14-28-20/h5,8,16,18,26H,1-4,6-7,9-15H2,(H,23,27). The molecule has 0 spiro atoms. The second-order valence-corrected chi connectivity index (χ2v) is 8.28. The second kappa shape index (κ2) is 9.09. The number of fused-ring (bicyclic) bond motifs is 1. The molecular weight excluding hydrogens is 356 g/mol. The molecule has 2 N–H and O–H groups in total. The van der Waals surface area contributed by atoms with E-state index >= 15 is 0 Å². The first-order chi connectivity index (χ1) is 13.7. The van der Waals surface area contributed by atoms with Gasteiger partial charge in [-0.25, -0.2) is 4.98 Å². The number of nitrogens with zero attached hydrogens (tertiary/aromatic N) is 3. The molecular formula is C21H32N4O3. The predicted molar refractivity (Wildman–Crippen MR) is 108 cm³/mol. The minimum Gasteiger partial charge on any atom is -0.489 e. The zero-order chi connectivity index (χ0) is 19.3. The molecule has 1 saturated heterocycles. The molecule has 1 saturated carbocycles. The van der Waals surface area contributed by atoms with Crippen LogP contribution in [0.3, 0.4) is 0 Å². The molecule has 0 bridgehead atoms. The van der Waals surface area contributed by atoms with Crippen LogP contribution >= 0.6 is 0 Å². The molecule has 1 aromatic heterocycles. The third-order valence-electron chi connectivity index (χ3n) is 6.47. The fraction of sp³-hybridized carbons (Fsp3) is 0.714. The summed E-state index contributed by atoms with van der Waals surface area (Å²) in [5.74, 6) is 2.54. The highest BCUT2D eigenvalue weighted by atomic mass is 16.5. The maximum atomic E-state index is 11.3. The third-order valence-corrected chi connectivity index (χ3v) is 6.47. The van der Waals surface area contributed by atoms with Gasteiger partial charge in [0.2, 0.25) is 5.91 Å². The summed E-state index contributed by atoms with van der Waals surface area (Å²) in [6, 6.07) is 2.33. The van der Waals surface area contributed by atoms with E-state index in [4.69, 9.17) is 9.84 Å². The number of amides is 1. The average Bonchev–Trinajstić information content (AvgIpc) is 3.22. The van der Waals surface area contributed by atoms with E-state index in [0.717, 1.165) is 76.1 Å². The van der Waals surface area contributed by atoms with Crippen LogP contribution in [0, 0.1) is 5.92 Å². The van der Waals surface area contributed by atoms with E-state index in [9.17, 15) is 4.79 Å². The monoisotopic (exact) mass is 388 g/mol. The van der Waals surface area contributed by atoms with E-state index < -0.39 is 6.61 Å². The van der Waals surface area contributed by atoms with Crippen LogP contribution in [0.1, 0.15) is 37.7 Å². The Morgan fingerprint density at radius 3 is 2.75 bits per heavy atom. The van der Waals surface area contributed by atoms with Gasteiger partial charge in [0, 0.05) is 50.4 Å². The summed E-state index contributed by atoms with van der Waals surface area (Å²) < 4.78 is 5.82. The molecule has 0 atom stereocenters. The van der Waals surface area contributed by atoms with Crippen molar-refractivity contribution >= 4 is 11.7 Å². The molecule has 3 aliphatic rings. The zero-order valence-electron chi connectivity index (χ0n) is 16.6. The highest BCUT2D eigenvalue weighted by molar-refractivity contribution is 5.77. The van der Waals surface area contributed by atoms with Gasteiger partial charge in [-0.05, 0) is 50.6 Å². The topological polar surface area (TPSA) is 77.9 Å². The lowest BCUT2D eigenvalue weighted by atomic mass is 9.84. The van der Waals surface area contributed by atoms with Crippen LogP contribution in [-0.4, -0.2) is 72.9 Å². The van der Waals surface area contributed by atoms with Gasteiger partial charge in [0.1, 0.15) is 6.61 Å². The summed E-state index contributed by atoms with van der Waals surface area (Å²) in [6.45, 7) is 5.70. The fourth-order valence-electron chi connectivity index (χ4n) is 4.74. The van der Waals surface area contributed by atoms with E-state index in [2.05, 4.69) is 26.2 Å². The molecule has 1 aliphatic carbocycles. The molecule has 0 radical (unpaired) electrons. The van der Waals surface area contributed by atoms with Crippen molar-refractivity contribution in [3.05, 3.63) is 17.8 Å². The number of hydrogen-bond acceptors (Lipinski definition) is 6. The Labute approximate surface area is 167 Å². The summed E-state index contributed by atoms with van der Waals surface area (Å²) in [7, 11) is 0. The van der Waals surface area contributed by atoms with Gasteiger partial charge in [-0.15, -0.1) is 0 Å². The van der Waals surface area contributed by atoms with Crippen molar-refractivity contribution in [1.82, 2.24) is 15.2 Å². The first kappa shape index (κ1) is 19.5. The van der Waals surface area contributed by atoms with Gasteiger partial charge in [-0.1, -0.05) is 0 Å². The Morgan fingerprint density at radius 2 is 2.00 bits per heavy atom. The Kier molecular flexibility index (Phi) is 6.32. The van der Waals surface area contributed by atoms with Gasteiger partial charge < -0.3 is 20.1 Å². The van der Waals surface area contributed by atoms with Crippen molar-refractivity contribution < 1.29 is 14.6 Å². The Balaban J connectivity index is 1.18. The summed E-state index contributed by atoms with van der Waals surface area (Å²) in [5, 5.41) is 11.8. The molecule has 0 unspecified atom stereocenters. The largest absolute Gasteiger partial charge is 0.489 e. The molecule has 1 aromatic rings. The van der Waals surface area contributed by atoms with Crippen LogP contribution in [0.15, 0.2) is 12.3 Å². The van der Waals surface area contributed by atoms with Crippen LogP contribution in [0.25, 0.3) is 0 Å². The van der Waals surface area contributed by atoms with Crippen molar-refractivity contribution in [2.24, 2.45) is 5.92 Å². The normalized spacial score (nSPS) is 25.2. The van der Waals surface area contributed by atoms with Gasteiger partial charge in [-0.2, -0.15) is 0 Å². The van der Waals surface area contributed by atoms with Gasteiger partial charge in [0.15, 0.2) is 11.6 Å². The van der Waals surface area contributed by atoms with Gasteiger partial charge >= 0.3 is 0 Å². The molecule has 154 valence electrons. The van der Waals surface area contributed by atoms with Crippen LogP contribution in [0.5, 0.6) is 5.75 Å². The van der Waals surface area contributed by atoms with E-state index in [1.54, 1.807) is 0 Å². The van der Waals surface area contributed by atoms with Gasteiger partial charge in [0.25, 0.3) is 0 Å². The zero-order valence-corrected chi connectivity index (χ0v) is 16.6. The first-order valence-electron chi connectivity index (χ1n) is 10.7. The van der Waals surface area contributed by atoms with Gasteiger partial charge in [-0.3, -0.25) is 9.69 Å². The van der Waals surface area contributed by atoms with Crippen molar-refractivity contribution in [3.8, 4) is 5.75 Å². The number of piperazine rings is 1. The van der Waals surface area contributed by atoms with E-state index in [1.807, 2.05) is 6.20 Å². The third kappa shape index (κ3) is 4.58. The maximum absolute atomic E-state index is 11.3. The van der Waals surface area contributed by atoms with Crippen LogP contribution in [-0.2, 0) is 11.2 Å². The fourth-order valence-corrected chi connectivity index (χ4v) is 4.74. The quantitative estimate of drug-likeness (QED) is 0.762. The Hall–Kier alpha value is -1.86. The lowest BCUT2D eigenvalue weighted by Gasteiger charge is -2.37. The number of hydrogen-bond donors (Lipinski definition) is 2. The lowest BCUT2D eigenvalue weighted by molar-refractivity contribution is -0.124. The highest BCUT2D eigenvalue weighted by Crippen LogP contribution is 2.34. The SMILES string of the molecule is O=C(CO)NC1CCC(CCN2CCN(c3nccc4c3OCC4)CC2)CC1. The van der Waals surface area contributed by atoms with Crippen molar-refractivity contribution in [2.75, 3.05) is 50.8 Å². The number of carbonyl (C=O) groups is 1. The molecule has 3 heterocycles. The van der Waals surface area contributed by atoms with Crippen molar-refractivity contribution in [2.45, 2.75) is 44.6 Å². The second-order valence-electron chi connectivity index (χ2n) is 8.28. The number of aliphatic hydroxyl groups is 1. The van der Waals surface area contributed by atoms with Crippen LogP contribution in [0.4, 0.5) is 5.82 Å². The van der Waals surface area contributed by atoms with Crippen LogP contribution < -0.4 is 15.0 Å². The molecule has 0 aromatic carbocycles. The first-order valence-corrected chi connectivity index (χ1v) is 10.7. The van der Waals surface area contributed by atoms with E-state index in [1.165, 1.54) is 24.8 Å². The van der Waals surface area contributed by atoms with Crippen LogP contribution in [0.2, 0.25) is 0 Å². The summed E-state index contributed by atoms with van der Waals surface area (Å²) in [5.41, 5.74) is 1.29. The van der Waals surface area contributed by atoms with E-state index in [0.29, 0.717) is 0 Å². The minimum absolute atomic E-state index is 0.245. The molecule has 7 heteroatoms. The number of aliphatic hydroxyl groups excluding tert-OH is 1. The number of aromatic nitrogens is 1. The molecule has 2 aliphatic heterocycles. The summed E-state index contributed by atoms with van der Waals surface area (Å²) in [4.78, 5) is 20.8. The number of pyridine rings is 1. The highest BCUT2D eigenvalue weighted by Gasteiger charge is 2.26. The Morgan fingerprint density at radius 1 is 1.21 bits per heavy atom. The van der Waals surface area contributed by atoms with E-state index in [-0.39, 0.29) is 11.9 Å². The molecule has 28 heavy (non-hydrogen) atoms. The maximum Gasteiger partial charge on any atom is 0.245 e. The number of carbonyl (C=O) groups excluding carboxylic acids is 1.